The molecule has 0 unspecified atom stereocenters. The lowest BCUT2D eigenvalue weighted by Gasteiger charge is -2.12. The number of ketones is 1. The minimum Gasteiger partial charge on any atom is -0.493 e. The predicted molar refractivity (Wildman–Crippen MR) is 81.5 cm³/mol. The molecule has 0 saturated carbocycles. The number of hydrogen-bond donors (Lipinski definition) is 0. The zero-order valence-electron chi connectivity index (χ0n) is 12.2. The maximum absolute atomic E-state index is 12.0. The topological polar surface area (TPSA) is 50.1 Å². The average Bonchev–Trinajstić information content (AvgIpc) is 2.50. The van der Waals surface area contributed by atoms with E-state index in [0.29, 0.717) is 24.2 Å². The number of carbonyl (C=O) groups is 1. The van der Waals surface area contributed by atoms with Gasteiger partial charge in [-0.25, -0.2) is 0 Å². The maximum Gasteiger partial charge on any atom is 0.166 e. The van der Waals surface area contributed by atoms with Gasteiger partial charge in [-0.2, -0.15) is 5.26 Å². The van der Waals surface area contributed by atoms with Gasteiger partial charge in [-0.15, -0.1) is 0 Å². The van der Waals surface area contributed by atoms with E-state index >= 15 is 0 Å². The van der Waals surface area contributed by atoms with E-state index < -0.39 is 0 Å². The molecule has 21 heavy (non-hydrogen) atoms. The number of nitriles is 1. The first-order chi connectivity index (χ1) is 10.1. The third kappa shape index (κ3) is 3.70. The summed E-state index contributed by atoms with van der Waals surface area (Å²) in [6.07, 6.45) is 0.336. The Kier molecular flexibility index (Phi) is 4.73. The van der Waals surface area contributed by atoms with Crippen molar-refractivity contribution in [1.82, 2.24) is 0 Å². The molecule has 2 aromatic carbocycles. The molecule has 0 bridgehead atoms. The molecule has 0 heterocycles. The Balaban J connectivity index is 1.98. The fourth-order valence-electron chi connectivity index (χ4n) is 2.26. The second kappa shape index (κ2) is 6.71. The van der Waals surface area contributed by atoms with Crippen molar-refractivity contribution >= 4 is 5.78 Å². The van der Waals surface area contributed by atoms with Crippen molar-refractivity contribution in [2.45, 2.75) is 20.3 Å². The van der Waals surface area contributed by atoms with Crippen molar-refractivity contribution in [2.75, 3.05) is 6.61 Å². The van der Waals surface area contributed by atoms with Gasteiger partial charge in [-0.05, 0) is 37.1 Å². The summed E-state index contributed by atoms with van der Waals surface area (Å²) in [4.78, 5) is 12.0. The van der Waals surface area contributed by atoms with Gasteiger partial charge in [-0.3, -0.25) is 4.79 Å². The number of ether oxygens (including phenoxy) is 1. The zero-order valence-corrected chi connectivity index (χ0v) is 12.2. The van der Waals surface area contributed by atoms with Gasteiger partial charge in [0, 0.05) is 12.0 Å². The normalized spacial score (nSPS) is 9.95. The van der Waals surface area contributed by atoms with E-state index in [4.69, 9.17) is 10.00 Å². The third-order valence-corrected chi connectivity index (χ3v) is 3.26. The van der Waals surface area contributed by atoms with Crippen LogP contribution in [0.1, 0.15) is 33.5 Å². The van der Waals surface area contributed by atoms with E-state index in [9.17, 15) is 4.79 Å². The second-order valence-electron chi connectivity index (χ2n) is 4.94. The fraction of sp³-hybridized carbons (Fsp3) is 0.222. The number of hydrogen-bond acceptors (Lipinski definition) is 3. The van der Waals surface area contributed by atoms with Crippen LogP contribution in [0.15, 0.2) is 42.5 Å². The zero-order chi connectivity index (χ0) is 15.2. The van der Waals surface area contributed by atoms with Crippen LogP contribution < -0.4 is 4.74 Å². The number of benzene rings is 2. The highest BCUT2D eigenvalue weighted by Crippen LogP contribution is 2.24. The second-order valence-corrected chi connectivity index (χ2v) is 4.94. The van der Waals surface area contributed by atoms with Crippen LogP contribution in [0.5, 0.6) is 5.75 Å². The van der Waals surface area contributed by atoms with Gasteiger partial charge in [0.05, 0.1) is 18.2 Å². The van der Waals surface area contributed by atoms with Gasteiger partial charge in [0.2, 0.25) is 0 Å². The van der Waals surface area contributed by atoms with Crippen LogP contribution in [0.25, 0.3) is 0 Å². The fourth-order valence-corrected chi connectivity index (χ4v) is 2.26. The molecule has 0 amide bonds. The lowest BCUT2D eigenvalue weighted by Crippen LogP contribution is -2.08. The monoisotopic (exact) mass is 279 g/mol. The van der Waals surface area contributed by atoms with Gasteiger partial charge in [-0.1, -0.05) is 30.3 Å². The first-order valence-corrected chi connectivity index (χ1v) is 6.84. The molecular formula is C18H17NO2. The van der Waals surface area contributed by atoms with Gasteiger partial charge in [0.15, 0.2) is 5.78 Å². The van der Waals surface area contributed by atoms with Crippen LogP contribution in [0.3, 0.4) is 0 Å². The Hall–Kier alpha value is -2.60. The Labute approximate surface area is 124 Å². The molecule has 2 aromatic rings. The molecule has 3 heteroatoms. The molecule has 0 atom stereocenters. The first kappa shape index (κ1) is 14.8. The molecule has 0 aliphatic carbocycles. The largest absolute Gasteiger partial charge is 0.493 e. The predicted octanol–water partition coefficient (Wildman–Crippen LogP) is 3.83. The molecule has 0 aromatic heterocycles. The molecule has 0 spiro atoms. The van der Waals surface area contributed by atoms with Crippen molar-refractivity contribution in [2.24, 2.45) is 0 Å². The first-order valence-electron chi connectivity index (χ1n) is 6.84. The van der Waals surface area contributed by atoms with Gasteiger partial charge in [0.1, 0.15) is 5.75 Å². The lowest BCUT2D eigenvalue weighted by atomic mass is 10.1. The Morgan fingerprint density at radius 2 is 1.76 bits per heavy atom. The molecular weight excluding hydrogens is 262 g/mol. The quantitative estimate of drug-likeness (QED) is 0.782. The number of rotatable bonds is 5. The van der Waals surface area contributed by atoms with Crippen LogP contribution in [0, 0.1) is 25.2 Å². The van der Waals surface area contributed by atoms with Crippen molar-refractivity contribution < 1.29 is 9.53 Å². The summed E-state index contributed by atoms with van der Waals surface area (Å²) in [5, 5.41) is 8.92. The molecule has 0 radical (unpaired) electrons. The lowest BCUT2D eigenvalue weighted by molar-refractivity contribution is 0.0961. The van der Waals surface area contributed by atoms with Crippen molar-refractivity contribution in [3.63, 3.8) is 0 Å². The standard InChI is InChI=1S/C18H17NO2/c1-13-10-15(12-19)11-14(2)18(13)21-9-8-17(20)16-6-4-3-5-7-16/h3-7,10-11H,8-9H2,1-2H3. The number of aryl methyl sites for hydroxylation is 2. The Morgan fingerprint density at radius 1 is 1.14 bits per heavy atom. The molecule has 0 N–H and O–H groups in total. The van der Waals surface area contributed by atoms with Crippen LogP contribution in [0.2, 0.25) is 0 Å². The highest BCUT2D eigenvalue weighted by molar-refractivity contribution is 5.96. The van der Waals surface area contributed by atoms with Gasteiger partial charge >= 0.3 is 0 Å². The SMILES string of the molecule is Cc1cc(C#N)cc(C)c1OCCC(=O)c1ccccc1. The third-order valence-electron chi connectivity index (χ3n) is 3.26. The van der Waals surface area contributed by atoms with E-state index in [1.54, 1.807) is 24.3 Å². The molecule has 2 rings (SSSR count). The highest BCUT2D eigenvalue weighted by Gasteiger charge is 2.09. The van der Waals surface area contributed by atoms with Gasteiger partial charge < -0.3 is 4.74 Å². The Bertz CT molecular complexity index is 661. The smallest absolute Gasteiger partial charge is 0.166 e. The maximum atomic E-state index is 12.0. The summed E-state index contributed by atoms with van der Waals surface area (Å²) >= 11 is 0. The summed E-state index contributed by atoms with van der Waals surface area (Å²) in [5.41, 5.74) is 3.16. The minimum atomic E-state index is 0.0690. The summed E-state index contributed by atoms with van der Waals surface area (Å²) < 4.78 is 5.73. The van der Waals surface area contributed by atoms with Crippen molar-refractivity contribution in [1.29, 1.82) is 5.26 Å². The van der Waals surface area contributed by atoms with E-state index in [0.717, 1.165) is 16.9 Å². The van der Waals surface area contributed by atoms with Gasteiger partial charge in [0.25, 0.3) is 0 Å². The van der Waals surface area contributed by atoms with Crippen molar-refractivity contribution in [3.8, 4) is 11.8 Å². The van der Waals surface area contributed by atoms with E-state index in [2.05, 4.69) is 6.07 Å². The number of nitrogens with zero attached hydrogens (tertiary/aromatic N) is 1. The highest BCUT2D eigenvalue weighted by atomic mass is 16.5. The molecule has 0 aliphatic rings. The molecule has 0 fully saturated rings. The number of Topliss-reactive ketones (excluding diaryl/α,β-unsaturated/α-hetero) is 1. The average molecular weight is 279 g/mol. The van der Waals surface area contributed by atoms with Crippen LogP contribution >= 0.6 is 0 Å². The van der Waals surface area contributed by atoms with E-state index in [1.165, 1.54) is 0 Å². The van der Waals surface area contributed by atoms with Crippen LogP contribution in [-0.4, -0.2) is 12.4 Å². The minimum absolute atomic E-state index is 0.0690. The molecule has 106 valence electrons. The summed E-state index contributed by atoms with van der Waals surface area (Å²) in [6.45, 7) is 4.14. The van der Waals surface area contributed by atoms with Crippen LogP contribution in [0.4, 0.5) is 0 Å². The number of carbonyl (C=O) groups excluding carboxylic acids is 1. The summed E-state index contributed by atoms with van der Waals surface area (Å²) in [6, 6.07) is 14.9. The van der Waals surface area contributed by atoms with E-state index in [1.807, 2.05) is 32.0 Å². The molecule has 3 nitrogen and oxygen atoms in total. The molecule has 0 saturated heterocycles. The molecule has 0 aliphatic heterocycles. The van der Waals surface area contributed by atoms with E-state index in [-0.39, 0.29) is 5.78 Å². The Morgan fingerprint density at radius 3 is 2.33 bits per heavy atom. The van der Waals surface area contributed by atoms with Crippen molar-refractivity contribution in [3.05, 3.63) is 64.7 Å². The van der Waals surface area contributed by atoms with Crippen LogP contribution in [-0.2, 0) is 0 Å². The summed E-state index contributed by atoms with van der Waals surface area (Å²) in [7, 11) is 0. The summed E-state index contributed by atoms with van der Waals surface area (Å²) in [5.74, 6) is 0.828.